The lowest BCUT2D eigenvalue weighted by Gasteiger charge is -2.34. The largest absolute Gasteiger partial charge is 0.480 e. The molecule has 1 aliphatic carbocycles. The van der Waals surface area contributed by atoms with E-state index in [4.69, 9.17) is 5.11 Å². The summed E-state index contributed by atoms with van der Waals surface area (Å²) < 4.78 is 0. The predicted molar refractivity (Wildman–Crippen MR) is 73.9 cm³/mol. The highest BCUT2D eigenvalue weighted by molar-refractivity contribution is 7.10. The average Bonchev–Trinajstić information content (AvgIpc) is 3.02. The molecule has 1 aromatic heterocycles. The lowest BCUT2D eigenvalue weighted by Crippen LogP contribution is -2.40. The standard InChI is InChI=1S/C14H21NO2S/c1-3-10(2)15(9-13(16)17)14(11-6-7-11)12-5-4-8-18-12/h4-5,8,10-11,14H,3,6-7,9H2,1-2H3,(H,16,17). The molecular formula is C14H21NO2S. The molecule has 4 heteroatoms. The van der Waals surface area contributed by atoms with Crippen LogP contribution < -0.4 is 0 Å². The van der Waals surface area contributed by atoms with Gasteiger partial charge in [-0.25, -0.2) is 0 Å². The number of aliphatic carboxylic acids is 1. The molecule has 1 N–H and O–H groups in total. The Hall–Kier alpha value is -0.870. The Morgan fingerprint density at radius 1 is 1.61 bits per heavy atom. The van der Waals surface area contributed by atoms with Gasteiger partial charge in [-0.15, -0.1) is 11.3 Å². The molecular weight excluding hydrogens is 246 g/mol. The molecule has 1 aliphatic rings. The van der Waals surface area contributed by atoms with Crippen LogP contribution in [-0.2, 0) is 4.79 Å². The first kappa shape index (κ1) is 13.6. The molecule has 18 heavy (non-hydrogen) atoms. The van der Waals surface area contributed by atoms with E-state index in [1.807, 2.05) is 0 Å². The summed E-state index contributed by atoms with van der Waals surface area (Å²) in [5.74, 6) is -0.0745. The summed E-state index contributed by atoms with van der Waals surface area (Å²) in [6, 6.07) is 4.82. The van der Waals surface area contributed by atoms with Gasteiger partial charge in [-0.05, 0) is 43.6 Å². The smallest absolute Gasteiger partial charge is 0.317 e. The van der Waals surface area contributed by atoms with Crippen LogP contribution in [0.5, 0.6) is 0 Å². The molecule has 0 saturated heterocycles. The molecule has 1 heterocycles. The van der Waals surface area contributed by atoms with Crippen molar-refractivity contribution in [3.8, 4) is 0 Å². The van der Waals surface area contributed by atoms with Gasteiger partial charge in [-0.2, -0.15) is 0 Å². The number of thiophene rings is 1. The molecule has 0 aromatic carbocycles. The summed E-state index contributed by atoms with van der Waals surface area (Å²) in [7, 11) is 0. The van der Waals surface area contributed by atoms with E-state index >= 15 is 0 Å². The average molecular weight is 267 g/mol. The van der Waals surface area contributed by atoms with Crippen molar-refractivity contribution in [2.45, 2.75) is 45.2 Å². The van der Waals surface area contributed by atoms with Crippen LogP contribution in [0.4, 0.5) is 0 Å². The quantitative estimate of drug-likeness (QED) is 0.823. The third-order valence-corrected chi connectivity index (χ3v) is 4.68. The molecule has 0 bridgehead atoms. The third-order valence-electron chi connectivity index (χ3n) is 3.74. The zero-order valence-electron chi connectivity index (χ0n) is 11.0. The minimum Gasteiger partial charge on any atom is -0.480 e. The summed E-state index contributed by atoms with van der Waals surface area (Å²) in [5.41, 5.74) is 0. The Bertz CT molecular complexity index is 387. The minimum absolute atomic E-state index is 0.147. The van der Waals surface area contributed by atoms with Gasteiger partial charge in [0.1, 0.15) is 0 Å². The molecule has 100 valence electrons. The summed E-state index contributed by atoms with van der Waals surface area (Å²) in [4.78, 5) is 14.6. The molecule has 0 amide bonds. The maximum atomic E-state index is 11.1. The van der Waals surface area contributed by atoms with E-state index in [9.17, 15) is 4.79 Å². The molecule has 0 radical (unpaired) electrons. The van der Waals surface area contributed by atoms with Crippen molar-refractivity contribution in [3.63, 3.8) is 0 Å². The van der Waals surface area contributed by atoms with E-state index in [1.165, 1.54) is 17.7 Å². The van der Waals surface area contributed by atoms with Crippen LogP contribution in [0.2, 0.25) is 0 Å². The fraction of sp³-hybridized carbons (Fsp3) is 0.643. The van der Waals surface area contributed by atoms with Crippen molar-refractivity contribution in [1.29, 1.82) is 0 Å². The van der Waals surface area contributed by atoms with E-state index < -0.39 is 5.97 Å². The van der Waals surface area contributed by atoms with E-state index in [0.717, 1.165) is 6.42 Å². The van der Waals surface area contributed by atoms with Gasteiger partial charge in [0.05, 0.1) is 6.54 Å². The van der Waals surface area contributed by atoms with Crippen LogP contribution in [0.25, 0.3) is 0 Å². The highest BCUT2D eigenvalue weighted by Crippen LogP contribution is 2.46. The molecule has 2 unspecified atom stereocenters. The highest BCUT2D eigenvalue weighted by atomic mass is 32.1. The summed E-state index contributed by atoms with van der Waals surface area (Å²) in [6.45, 7) is 4.40. The number of hydrogen-bond acceptors (Lipinski definition) is 3. The molecule has 0 aliphatic heterocycles. The summed E-state index contributed by atoms with van der Waals surface area (Å²) in [6.07, 6.45) is 3.45. The first-order valence-corrected chi connectivity index (χ1v) is 7.52. The molecule has 3 nitrogen and oxygen atoms in total. The number of carboxylic acids is 1. The second kappa shape index (κ2) is 5.85. The monoisotopic (exact) mass is 267 g/mol. The van der Waals surface area contributed by atoms with Gasteiger partial charge in [0.25, 0.3) is 0 Å². The van der Waals surface area contributed by atoms with Crippen molar-refractivity contribution in [1.82, 2.24) is 4.90 Å². The maximum absolute atomic E-state index is 11.1. The van der Waals surface area contributed by atoms with Crippen molar-refractivity contribution in [2.75, 3.05) is 6.54 Å². The van der Waals surface area contributed by atoms with Gasteiger partial charge in [0, 0.05) is 17.0 Å². The first-order chi connectivity index (χ1) is 8.63. The molecule has 1 fully saturated rings. The van der Waals surface area contributed by atoms with E-state index in [2.05, 4.69) is 36.3 Å². The number of carboxylic acid groups (broad SMARTS) is 1. The van der Waals surface area contributed by atoms with Crippen molar-refractivity contribution < 1.29 is 9.90 Å². The van der Waals surface area contributed by atoms with Gasteiger partial charge < -0.3 is 5.11 Å². The van der Waals surface area contributed by atoms with Gasteiger partial charge in [0.2, 0.25) is 0 Å². The van der Waals surface area contributed by atoms with Gasteiger partial charge >= 0.3 is 5.97 Å². The second-order valence-electron chi connectivity index (χ2n) is 5.12. The number of nitrogens with zero attached hydrogens (tertiary/aromatic N) is 1. The van der Waals surface area contributed by atoms with E-state index in [-0.39, 0.29) is 6.54 Å². The summed E-state index contributed by atoms with van der Waals surface area (Å²) >= 11 is 1.75. The Balaban J connectivity index is 2.21. The topological polar surface area (TPSA) is 40.5 Å². The van der Waals surface area contributed by atoms with Crippen molar-refractivity contribution >= 4 is 17.3 Å². The normalized spacial score (nSPS) is 18.8. The van der Waals surface area contributed by atoms with Gasteiger partial charge in [-0.1, -0.05) is 13.0 Å². The van der Waals surface area contributed by atoms with E-state index in [0.29, 0.717) is 18.0 Å². The summed E-state index contributed by atoms with van der Waals surface area (Å²) in [5, 5.41) is 11.2. The third kappa shape index (κ3) is 3.12. The fourth-order valence-corrected chi connectivity index (χ4v) is 3.40. The van der Waals surface area contributed by atoms with Crippen LogP contribution in [0.1, 0.15) is 44.0 Å². The zero-order chi connectivity index (χ0) is 13.1. The zero-order valence-corrected chi connectivity index (χ0v) is 11.8. The maximum Gasteiger partial charge on any atom is 0.317 e. The molecule has 1 saturated carbocycles. The first-order valence-electron chi connectivity index (χ1n) is 6.64. The SMILES string of the molecule is CCC(C)N(CC(=O)O)C(c1cccs1)C1CC1. The Kier molecular flexibility index (Phi) is 4.40. The second-order valence-corrected chi connectivity index (χ2v) is 6.10. The predicted octanol–water partition coefficient (Wildman–Crippen LogP) is 3.38. The lowest BCUT2D eigenvalue weighted by molar-refractivity contribution is -0.139. The van der Waals surface area contributed by atoms with Crippen LogP contribution in [-0.4, -0.2) is 28.6 Å². The highest BCUT2D eigenvalue weighted by Gasteiger charge is 2.39. The fourth-order valence-electron chi connectivity index (χ4n) is 2.46. The number of hydrogen-bond donors (Lipinski definition) is 1. The van der Waals surface area contributed by atoms with Crippen LogP contribution in [0, 0.1) is 5.92 Å². The van der Waals surface area contributed by atoms with Crippen LogP contribution >= 0.6 is 11.3 Å². The van der Waals surface area contributed by atoms with Crippen molar-refractivity contribution in [2.24, 2.45) is 5.92 Å². The van der Waals surface area contributed by atoms with Gasteiger partial charge in [0.15, 0.2) is 0 Å². The molecule has 1 aromatic rings. The lowest BCUT2D eigenvalue weighted by atomic mass is 10.1. The number of carbonyl (C=O) groups is 1. The molecule has 0 spiro atoms. The van der Waals surface area contributed by atoms with Crippen LogP contribution in [0.3, 0.4) is 0 Å². The Morgan fingerprint density at radius 3 is 2.78 bits per heavy atom. The molecule has 2 rings (SSSR count). The minimum atomic E-state index is -0.725. The van der Waals surface area contributed by atoms with Crippen molar-refractivity contribution in [3.05, 3.63) is 22.4 Å². The van der Waals surface area contributed by atoms with Gasteiger partial charge in [-0.3, -0.25) is 9.69 Å². The molecule has 2 atom stereocenters. The van der Waals surface area contributed by atoms with Crippen LogP contribution in [0.15, 0.2) is 17.5 Å². The Labute approximate surface area is 112 Å². The Morgan fingerprint density at radius 2 is 2.33 bits per heavy atom. The van der Waals surface area contributed by atoms with E-state index in [1.54, 1.807) is 11.3 Å². The number of rotatable bonds is 7.